The van der Waals surface area contributed by atoms with Gasteiger partial charge in [0.25, 0.3) is 0 Å². The largest absolute Gasteiger partial charge is 0.497 e. The van der Waals surface area contributed by atoms with Crippen LogP contribution in [0, 0.1) is 0 Å². The summed E-state index contributed by atoms with van der Waals surface area (Å²) in [6.45, 7) is 4.67. The molecule has 0 saturated carbocycles. The van der Waals surface area contributed by atoms with Crippen molar-refractivity contribution in [2.24, 2.45) is 0 Å². The molecular formula is C27H24O4. The third kappa shape index (κ3) is 5.23. The molecule has 0 aromatic heterocycles. The Morgan fingerprint density at radius 1 is 0.516 bits per heavy atom. The Morgan fingerprint density at radius 3 is 1.16 bits per heavy atom. The molecule has 4 aromatic carbocycles. The third-order valence-electron chi connectivity index (χ3n) is 5.11. The second kappa shape index (κ2) is 9.35. The van der Waals surface area contributed by atoms with Gasteiger partial charge in [0.1, 0.15) is 5.75 Å². The van der Waals surface area contributed by atoms with Crippen LogP contribution < -0.4 is 4.74 Å². The Morgan fingerprint density at radius 2 is 0.839 bits per heavy atom. The van der Waals surface area contributed by atoms with Crippen LogP contribution in [0.2, 0.25) is 0 Å². The SMILES string of the molecule is CC(=O)c1ccc2cc(C(C)=O)ccc2c1.COc1ccc2cc(C(C)=O)ccc2c1. The minimum atomic E-state index is 0.0533. The van der Waals surface area contributed by atoms with E-state index in [1.165, 1.54) is 0 Å². The molecule has 4 aromatic rings. The summed E-state index contributed by atoms with van der Waals surface area (Å²) in [6.07, 6.45) is 0. The van der Waals surface area contributed by atoms with Crippen LogP contribution in [0.25, 0.3) is 21.5 Å². The average molecular weight is 412 g/mol. The Bertz CT molecular complexity index is 1250. The molecule has 4 heteroatoms. The van der Waals surface area contributed by atoms with Crippen LogP contribution in [0.15, 0.2) is 72.8 Å². The fourth-order valence-electron chi connectivity index (χ4n) is 3.25. The van der Waals surface area contributed by atoms with Gasteiger partial charge in [-0.25, -0.2) is 0 Å². The molecular weight excluding hydrogens is 388 g/mol. The predicted molar refractivity (Wildman–Crippen MR) is 124 cm³/mol. The van der Waals surface area contributed by atoms with Crippen LogP contribution in [0.4, 0.5) is 0 Å². The van der Waals surface area contributed by atoms with Crippen molar-refractivity contribution >= 4 is 38.9 Å². The zero-order valence-electron chi connectivity index (χ0n) is 18.1. The molecule has 0 aliphatic heterocycles. The average Bonchev–Trinajstić information content (AvgIpc) is 2.77. The van der Waals surface area contributed by atoms with Crippen molar-refractivity contribution in [1.29, 1.82) is 0 Å². The third-order valence-corrected chi connectivity index (χ3v) is 5.11. The van der Waals surface area contributed by atoms with E-state index < -0.39 is 0 Å². The highest BCUT2D eigenvalue weighted by atomic mass is 16.5. The molecule has 0 N–H and O–H groups in total. The monoisotopic (exact) mass is 412 g/mol. The maximum atomic E-state index is 11.2. The van der Waals surface area contributed by atoms with Crippen molar-refractivity contribution < 1.29 is 19.1 Å². The lowest BCUT2D eigenvalue weighted by Gasteiger charge is -2.03. The van der Waals surface area contributed by atoms with Gasteiger partial charge < -0.3 is 4.74 Å². The molecule has 31 heavy (non-hydrogen) atoms. The van der Waals surface area contributed by atoms with Crippen molar-refractivity contribution in [3.8, 4) is 5.75 Å². The Hall–Kier alpha value is -3.79. The first kappa shape index (κ1) is 21.9. The van der Waals surface area contributed by atoms with Gasteiger partial charge in [-0.2, -0.15) is 0 Å². The van der Waals surface area contributed by atoms with Gasteiger partial charge in [-0.3, -0.25) is 14.4 Å². The van der Waals surface area contributed by atoms with Crippen molar-refractivity contribution in [2.75, 3.05) is 7.11 Å². The number of methoxy groups -OCH3 is 1. The maximum absolute atomic E-state index is 11.2. The number of hydrogen-bond donors (Lipinski definition) is 0. The van der Waals surface area contributed by atoms with E-state index in [9.17, 15) is 14.4 Å². The number of benzene rings is 4. The molecule has 0 atom stereocenters. The molecule has 0 aliphatic carbocycles. The summed E-state index contributed by atoms with van der Waals surface area (Å²) in [5, 5.41) is 4.11. The van der Waals surface area contributed by atoms with Gasteiger partial charge >= 0.3 is 0 Å². The van der Waals surface area contributed by atoms with E-state index >= 15 is 0 Å². The number of rotatable bonds is 4. The highest BCUT2D eigenvalue weighted by Crippen LogP contribution is 2.22. The zero-order chi connectivity index (χ0) is 22.5. The smallest absolute Gasteiger partial charge is 0.159 e. The molecule has 0 radical (unpaired) electrons. The fraction of sp³-hybridized carbons (Fsp3) is 0.148. The molecule has 0 unspecified atom stereocenters. The fourth-order valence-corrected chi connectivity index (χ4v) is 3.25. The quantitative estimate of drug-likeness (QED) is 0.369. The molecule has 0 amide bonds. The lowest BCUT2D eigenvalue weighted by atomic mass is 10.0. The summed E-state index contributed by atoms with van der Waals surface area (Å²) in [5.74, 6) is 1.03. The van der Waals surface area contributed by atoms with Crippen molar-refractivity contribution in [3.63, 3.8) is 0 Å². The molecule has 4 rings (SSSR count). The number of carbonyl (C=O) groups excluding carboxylic acids is 3. The standard InChI is InChI=1S/C14H12O2.C13H12O2/c1-9(15)11-3-5-14-8-12(10(2)16)4-6-13(14)7-11;1-9(14)10-3-4-12-8-13(15-2)6-5-11(12)7-10/h3-8H,1-2H3;3-8H,1-2H3. The number of fused-ring (bicyclic) bond motifs is 2. The lowest BCUT2D eigenvalue weighted by molar-refractivity contribution is 0.100. The van der Waals surface area contributed by atoms with Gasteiger partial charge in [-0.05, 0) is 72.6 Å². The van der Waals surface area contributed by atoms with Crippen molar-refractivity contribution in [2.45, 2.75) is 20.8 Å². The van der Waals surface area contributed by atoms with Crippen LogP contribution in [0.1, 0.15) is 51.8 Å². The summed E-state index contributed by atoms with van der Waals surface area (Å²) >= 11 is 0. The topological polar surface area (TPSA) is 60.4 Å². The van der Waals surface area contributed by atoms with E-state index in [-0.39, 0.29) is 17.3 Å². The normalized spacial score (nSPS) is 10.3. The zero-order valence-corrected chi connectivity index (χ0v) is 18.1. The van der Waals surface area contributed by atoms with Crippen LogP contribution in [0.5, 0.6) is 5.75 Å². The van der Waals surface area contributed by atoms with E-state index in [4.69, 9.17) is 4.74 Å². The summed E-state index contributed by atoms with van der Waals surface area (Å²) in [7, 11) is 1.64. The van der Waals surface area contributed by atoms with E-state index in [0.29, 0.717) is 11.1 Å². The van der Waals surface area contributed by atoms with E-state index in [2.05, 4.69) is 0 Å². The summed E-state index contributed by atoms with van der Waals surface area (Å²) in [6, 6.07) is 22.5. The van der Waals surface area contributed by atoms with Gasteiger partial charge in [0.15, 0.2) is 17.3 Å². The van der Waals surface area contributed by atoms with Crippen LogP contribution >= 0.6 is 0 Å². The first-order chi connectivity index (χ1) is 14.8. The first-order valence-corrected chi connectivity index (χ1v) is 9.93. The number of hydrogen-bond acceptors (Lipinski definition) is 4. The lowest BCUT2D eigenvalue weighted by Crippen LogP contribution is -1.93. The first-order valence-electron chi connectivity index (χ1n) is 9.93. The second-order valence-corrected chi connectivity index (χ2v) is 7.37. The van der Waals surface area contributed by atoms with E-state index in [1.54, 1.807) is 40.0 Å². The highest BCUT2D eigenvalue weighted by molar-refractivity contribution is 6.02. The number of ketones is 3. The van der Waals surface area contributed by atoms with Crippen molar-refractivity contribution in [3.05, 3.63) is 89.5 Å². The van der Waals surface area contributed by atoms with Crippen LogP contribution in [-0.4, -0.2) is 24.5 Å². The minimum Gasteiger partial charge on any atom is -0.497 e. The van der Waals surface area contributed by atoms with Gasteiger partial charge in [-0.15, -0.1) is 0 Å². The molecule has 0 aliphatic rings. The van der Waals surface area contributed by atoms with Crippen molar-refractivity contribution in [1.82, 2.24) is 0 Å². The van der Waals surface area contributed by atoms with E-state index in [0.717, 1.165) is 32.9 Å². The Balaban J connectivity index is 0.000000176. The predicted octanol–water partition coefficient (Wildman–Crippen LogP) is 6.30. The van der Waals surface area contributed by atoms with Gasteiger partial charge in [0.05, 0.1) is 7.11 Å². The molecule has 0 spiro atoms. The summed E-state index contributed by atoms with van der Waals surface area (Å²) < 4.78 is 5.13. The minimum absolute atomic E-state index is 0.0533. The van der Waals surface area contributed by atoms with Gasteiger partial charge in [-0.1, -0.05) is 42.5 Å². The summed E-state index contributed by atoms with van der Waals surface area (Å²) in [5.41, 5.74) is 2.14. The molecule has 156 valence electrons. The number of carbonyl (C=O) groups is 3. The molecule has 0 heterocycles. The van der Waals surface area contributed by atoms with Crippen LogP contribution in [0.3, 0.4) is 0 Å². The number of Topliss-reactive ketones (excluding diaryl/α,β-unsaturated/α-hetero) is 3. The molecule has 0 fully saturated rings. The maximum Gasteiger partial charge on any atom is 0.159 e. The van der Waals surface area contributed by atoms with Crippen LogP contribution in [-0.2, 0) is 0 Å². The second-order valence-electron chi connectivity index (χ2n) is 7.37. The Kier molecular flexibility index (Phi) is 6.61. The highest BCUT2D eigenvalue weighted by Gasteiger charge is 2.04. The number of ether oxygens (including phenoxy) is 1. The summed E-state index contributed by atoms with van der Waals surface area (Å²) in [4.78, 5) is 33.6. The molecule has 0 bridgehead atoms. The Labute approximate surface area is 181 Å². The van der Waals surface area contributed by atoms with Gasteiger partial charge in [0.2, 0.25) is 0 Å². The molecule has 0 saturated heterocycles. The van der Waals surface area contributed by atoms with E-state index in [1.807, 2.05) is 60.7 Å². The molecule has 4 nitrogen and oxygen atoms in total. The van der Waals surface area contributed by atoms with Gasteiger partial charge in [0, 0.05) is 16.7 Å².